The van der Waals surface area contributed by atoms with Crippen LogP contribution < -0.4 is 5.56 Å². The van der Waals surface area contributed by atoms with E-state index in [0.29, 0.717) is 17.4 Å². The van der Waals surface area contributed by atoms with Gasteiger partial charge in [0.05, 0.1) is 11.1 Å². The fraction of sp³-hybridized carbons (Fsp3) is 0.375. The molecule has 0 unspecified atom stereocenters. The minimum Gasteiger partial charge on any atom is -0.313 e. The lowest BCUT2D eigenvalue weighted by molar-refractivity contribution is 0.443. The van der Waals surface area contributed by atoms with E-state index in [1.165, 1.54) is 4.57 Å². The topological polar surface area (TPSA) is 22.0 Å². The van der Waals surface area contributed by atoms with Gasteiger partial charge in [0.1, 0.15) is 0 Å². The Balaban J connectivity index is 2.99. The van der Waals surface area contributed by atoms with Gasteiger partial charge in [0, 0.05) is 17.2 Å². The molecule has 13 heavy (non-hydrogen) atoms. The molecule has 5 heteroatoms. The number of hydrogen-bond acceptors (Lipinski definition) is 1. The Kier molecular flexibility index (Phi) is 4.12. The quantitative estimate of drug-likeness (QED) is 0.841. The second-order valence-corrected chi connectivity index (χ2v) is 4.32. The maximum atomic E-state index is 11.9. The van der Waals surface area contributed by atoms with Crippen molar-refractivity contribution in [2.24, 2.45) is 0 Å². The van der Waals surface area contributed by atoms with E-state index < -0.39 is 6.67 Å². The number of alkyl halides is 1. The van der Waals surface area contributed by atoms with Crippen LogP contribution in [0, 0.1) is 0 Å². The van der Waals surface area contributed by atoms with Crippen LogP contribution in [0.4, 0.5) is 4.39 Å². The molecule has 0 aromatic carbocycles. The van der Waals surface area contributed by atoms with Crippen molar-refractivity contribution < 1.29 is 4.39 Å². The Hall–Kier alpha value is -0.160. The van der Waals surface area contributed by atoms with Crippen molar-refractivity contribution in [3.63, 3.8) is 0 Å². The second kappa shape index (κ2) is 4.91. The van der Waals surface area contributed by atoms with Crippen molar-refractivity contribution in [1.82, 2.24) is 4.57 Å². The fourth-order valence-corrected chi connectivity index (χ4v) is 2.22. The third kappa shape index (κ3) is 2.91. The number of aromatic nitrogens is 1. The lowest BCUT2D eigenvalue weighted by Crippen LogP contribution is -2.20. The van der Waals surface area contributed by atoms with Gasteiger partial charge in [-0.1, -0.05) is 0 Å². The first-order valence-electron chi connectivity index (χ1n) is 3.76. The number of hydrogen-bond donors (Lipinski definition) is 0. The van der Waals surface area contributed by atoms with Crippen LogP contribution in [-0.2, 0) is 6.54 Å². The standard InChI is InChI=1S/C8H8Br2FNO/c9-6-4-7(10)8(13)12(5-6)3-1-2-11/h4-5H,1-3H2. The van der Waals surface area contributed by atoms with Gasteiger partial charge >= 0.3 is 0 Å². The zero-order valence-electron chi connectivity index (χ0n) is 6.77. The van der Waals surface area contributed by atoms with E-state index in [-0.39, 0.29) is 5.56 Å². The number of nitrogens with zero attached hydrogens (tertiary/aromatic N) is 1. The molecule has 0 saturated carbocycles. The Morgan fingerprint density at radius 3 is 2.77 bits per heavy atom. The molecule has 72 valence electrons. The first-order chi connectivity index (χ1) is 6.15. The van der Waals surface area contributed by atoms with E-state index in [0.717, 1.165) is 4.47 Å². The molecule has 0 fully saturated rings. The van der Waals surface area contributed by atoms with Gasteiger partial charge in [0.25, 0.3) is 5.56 Å². The molecule has 0 N–H and O–H groups in total. The molecule has 1 heterocycles. The van der Waals surface area contributed by atoms with Gasteiger partial charge in [-0.25, -0.2) is 0 Å². The molecule has 0 spiro atoms. The second-order valence-electron chi connectivity index (χ2n) is 2.55. The highest BCUT2D eigenvalue weighted by Crippen LogP contribution is 2.12. The number of halogens is 3. The molecule has 0 aliphatic heterocycles. The van der Waals surface area contributed by atoms with Gasteiger partial charge in [-0.2, -0.15) is 0 Å². The van der Waals surface area contributed by atoms with Crippen molar-refractivity contribution in [2.45, 2.75) is 13.0 Å². The molecule has 0 saturated heterocycles. The Morgan fingerprint density at radius 2 is 2.15 bits per heavy atom. The van der Waals surface area contributed by atoms with Crippen molar-refractivity contribution >= 4 is 31.9 Å². The maximum Gasteiger partial charge on any atom is 0.264 e. The van der Waals surface area contributed by atoms with E-state index in [1.807, 2.05) is 0 Å². The fourth-order valence-electron chi connectivity index (χ4n) is 0.961. The van der Waals surface area contributed by atoms with Gasteiger partial charge in [-0.15, -0.1) is 0 Å². The smallest absolute Gasteiger partial charge is 0.264 e. The summed E-state index contributed by atoms with van der Waals surface area (Å²) in [4.78, 5) is 11.4. The van der Waals surface area contributed by atoms with Crippen molar-refractivity contribution in [2.75, 3.05) is 6.67 Å². The predicted octanol–water partition coefficient (Wildman–Crippen LogP) is 2.73. The summed E-state index contributed by atoms with van der Waals surface area (Å²) in [6, 6.07) is 1.67. The molecule has 0 bridgehead atoms. The molecule has 0 radical (unpaired) electrons. The van der Waals surface area contributed by atoms with Crippen LogP contribution in [0.1, 0.15) is 6.42 Å². The van der Waals surface area contributed by atoms with Crippen molar-refractivity contribution in [3.8, 4) is 0 Å². The highest BCUT2D eigenvalue weighted by molar-refractivity contribution is 9.11. The van der Waals surface area contributed by atoms with Gasteiger partial charge in [0.2, 0.25) is 0 Å². The van der Waals surface area contributed by atoms with Crippen molar-refractivity contribution in [1.29, 1.82) is 0 Å². The number of rotatable bonds is 3. The zero-order chi connectivity index (χ0) is 9.84. The Bertz CT molecular complexity index is 350. The zero-order valence-corrected chi connectivity index (χ0v) is 9.94. The molecule has 2 nitrogen and oxygen atoms in total. The summed E-state index contributed by atoms with van der Waals surface area (Å²) >= 11 is 6.39. The van der Waals surface area contributed by atoms with Crippen LogP contribution in [-0.4, -0.2) is 11.2 Å². The molecule has 1 aromatic heterocycles. The van der Waals surface area contributed by atoms with Crippen LogP contribution in [0.2, 0.25) is 0 Å². The van der Waals surface area contributed by atoms with Crippen LogP contribution in [0.3, 0.4) is 0 Å². The van der Waals surface area contributed by atoms with Gasteiger partial charge < -0.3 is 4.57 Å². The summed E-state index contributed by atoms with van der Waals surface area (Å²) in [6.07, 6.45) is 2.02. The van der Waals surface area contributed by atoms with E-state index >= 15 is 0 Å². The molecule has 0 aliphatic rings. The van der Waals surface area contributed by atoms with Crippen LogP contribution >= 0.6 is 31.9 Å². The van der Waals surface area contributed by atoms with Gasteiger partial charge in [0.15, 0.2) is 0 Å². The maximum absolute atomic E-state index is 11.9. The van der Waals surface area contributed by atoms with Crippen LogP contribution in [0.25, 0.3) is 0 Å². The third-order valence-corrected chi connectivity index (χ3v) is 2.54. The van der Waals surface area contributed by atoms with E-state index in [2.05, 4.69) is 31.9 Å². The largest absolute Gasteiger partial charge is 0.313 e. The summed E-state index contributed by atoms with van der Waals surface area (Å²) in [7, 11) is 0. The summed E-state index contributed by atoms with van der Waals surface area (Å²) in [5.41, 5.74) is -0.128. The Morgan fingerprint density at radius 1 is 1.46 bits per heavy atom. The molecule has 0 aliphatic carbocycles. The van der Waals surface area contributed by atoms with E-state index in [1.54, 1.807) is 12.3 Å². The predicted molar refractivity (Wildman–Crippen MR) is 56.7 cm³/mol. The summed E-state index contributed by atoms with van der Waals surface area (Å²) in [5.74, 6) is 0. The van der Waals surface area contributed by atoms with E-state index in [9.17, 15) is 9.18 Å². The Labute approximate surface area is 92.0 Å². The van der Waals surface area contributed by atoms with E-state index in [4.69, 9.17) is 0 Å². The van der Waals surface area contributed by atoms with Crippen LogP contribution in [0.15, 0.2) is 26.0 Å². The summed E-state index contributed by atoms with van der Waals surface area (Å²) < 4.78 is 14.6. The van der Waals surface area contributed by atoms with Gasteiger partial charge in [-0.3, -0.25) is 9.18 Å². The number of aryl methyl sites for hydroxylation is 1. The highest BCUT2D eigenvalue weighted by Gasteiger charge is 2.02. The molecule has 1 aromatic rings. The molecule has 0 atom stereocenters. The van der Waals surface area contributed by atoms with Gasteiger partial charge in [-0.05, 0) is 44.3 Å². The lowest BCUT2D eigenvalue weighted by atomic mass is 10.4. The molecular weight excluding hydrogens is 305 g/mol. The summed E-state index contributed by atoms with van der Waals surface area (Å²) in [6.45, 7) is 0.00391. The number of pyridine rings is 1. The summed E-state index contributed by atoms with van der Waals surface area (Å²) in [5, 5.41) is 0. The lowest BCUT2D eigenvalue weighted by Gasteiger charge is -2.04. The monoisotopic (exact) mass is 311 g/mol. The molecule has 1 rings (SSSR count). The average Bonchev–Trinajstić information content (AvgIpc) is 2.09. The minimum absolute atomic E-state index is 0.128. The molecule has 0 amide bonds. The molecular formula is C8H8Br2FNO. The van der Waals surface area contributed by atoms with Crippen LogP contribution in [0.5, 0.6) is 0 Å². The minimum atomic E-state index is -0.406. The SMILES string of the molecule is O=c1c(Br)cc(Br)cn1CCCF. The highest BCUT2D eigenvalue weighted by atomic mass is 79.9. The normalized spacial score (nSPS) is 10.4. The first-order valence-corrected chi connectivity index (χ1v) is 5.35. The van der Waals surface area contributed by atoms with Crippen molar-refractivity contribution in [3.05, 3.63) is 31.6 Å². The third-order valence-electron chi connectivity index (χ3n) is 1.54. The first kappa shape index (κ1) is 10.9. The average molecular weight is 313 g/mol.